The summed E-state index contributed by atoms with van der Waals surface area (Å²) in [5.74, 6) is 1.58. The molecular weight excluding hydrogens is 252 g/mol. The Kier molecular flexibility index (Phi) is 3.84. The Balaban J connectivity index is 2.01. The summed E-state index contributed by atoms with van der Waals surface area (Å²) in [6.07, 6.45) is 0. The Hall–Kier alpha value is -2.01. The van der Waals surface area contributed by atoms with Crippen molar-refractivity contribution in [3.05, 3.63) is 41.0 Å². The van der Waals surface area contributed by atoms with E-state index in [0.717, 1.165) is 11.3 Å². The first-order valence-electron chi connectivity index (χ1n) is 5.34. The number of nitrogens with zero attached hydrogens (tertiary/aromatic N) is 2. The number of anilines is 2. The van der Waals surface area contributed by atoms with Gasteiger partial charge < -0.3 is 15.8 Å². The molecular formula is C12H13ClN4O. The Labute approximate surface area is 110 Å². The highest BCUT2D eigenvalue weighted by Gasteiger charge is 2.00. The van der Waals surface area contributed by atoms with E-state index in [4.69, 9.17) is 22.1 Å². The number of nitrogens with one attached hydrogen (secondary N) is 1. The predicted octanol–water partition coefficient (Wildman–Crippen LogP) is 2.33. The van der Waals surface area contributed by atoms with Gasteiger partial charge in [-0.15, -0.1) is 0 Å². The molecule has 1 aromatic carbocycles. The van der Waals surface area contributed by atoms with E-state index in [1.165, 1.54) is 0 Å². The van der Waals surface area contributed by atoms with Crippen molar-refractivity contribution in [3.63, 3.8) is 0 Å². The van der Waals surface area contributed by atoms with Crippen LogP contribution in [0.2, 0.25) is 5.15 Å². The molecule has 3 N–H and O–H groups in total. The van der Waals surface area contributed by atoms with Crippen molar-refractivity contribution >= 4 is 23.4 Å². The van der Waals surface area contributed by atoms with Crippen molar-refractivity contribution in [2.75, 3.05) is 18.2 Å². The number of methoxy groups -OCH3 is 1. The van der Waals surface area contributed by atoms with Crippen LogP contribution < -0.4 is 15.8 Å². The molecule has 0 aliphatic carbocycles. The number of aromatic nitrogens is 2. The van der Waals surface area contributed by atoms with Gasteiger partial charge >= 0.3 is 0 Å². The Morgan fingerprint density at radius 2 is 2.00 bits per heavy atom. The summed E-state index contributed by atoms with van der Waals surface area (Å²) >= 11 is 5.78. The second-order valence-corrected chi connectivity index (χ2v) is 4.02. The topological polar surface area (TPSA) is 73.1 Å². The lowest BCUT2D eigenvalue weighted by Gasteiger charge is -2.07. The number of hydrogen-bond donors (Lipinski definition) is 2. The van der Waals surface area contributed by atoms with Crippen LogP contribution in [0.4, 0.5) is 11.8 Å². The molecule has 0 radical (unpaired) electrons. The van der Waals surface area contributed by atoms with E-state index in [-0.39, 0.29) is 5.95 Å². The molecule has 1 aromatic heterocycles. The zero-order valence-electron chi connectivity index (χ0n) is 9.85. The van der Waals surface area contributed by atoms with E-state index in [1.54, 1.807) is 13.2 Å². The average molecular weight is 265 g/mol. The molecule has 0 aliphatic heterocycles. The van der Waals surface area contributed by atoms with Gasteiger partial charge in [0.2, 0.25) is 5.95 Å². The summed E-state index contributed by atoms with van der Waals surface area (Å²) in [5, 5.41) is 3.44. The largest absolute Gasteiger partial charge is 0.497 e. The SMILES string of the molecule is COc1ccc(CNc2cc(Cl)nc(N)n2)cc1. The van der Waals surface area contributed by atoms with Crippen LogP contribution in [0.5, 0.6) is 5.75 Å². The number of nitrogen functional groups attached to an aromatic ring is 1. The summed E-state index contributed by atoms with van der Waals surface area (Å²) in [4.78, 5) is 7.82. The van der Waals surface area contributed by atoms with Gasteiger partial charge in [-0.1, -0.05) is 23.7 Å². The molecule has 94 valence electrons. The van der Waals surface area contributed by atoms with Crippen LogP contribution in [0.1, 0.15) is 5.56 Å². The average Bonchev–Trinajstić information content (AvgIpc) is 2.36. The van der Waals surface area contributed by atoms with Crippen molar-refractivity contribution < 1.29 is 4.74 Å². The van der Waals surface area contributed by atoms with Crippen molar-refractivity contribution in [3.8, 4) is 5.75 Å². The Bertz CT molecular complexity index is 510. The van der Waals surface area contributed by atoms with Crippen molar-refractivity contribution in [1.29, 1.82) is 0 Å². The maximum absolute atomic E-state index is 5.78. The molecule has 0 bridgehead atoms. The van der Waals surface area contributed by atoms with Gasteiger partial charge in [0, 0.05) is 12.6 Å². The smallest absolute Gasteiger partial charge is 0.223 e. The molecule has 0 spiro atoms. The van der Waals surface area contributed by atoms with Crippen LogP contribution in [-0.4, -0.2) is 17.1 Å². The summed E-state index contributed by atoms with van der Waals surface area (Å²) in [7, 11) is 1.64. The standard InChI is InChI=1S/C12H13ClN4O/c1-18-9-4-2-8(3-5-9)7-15-11-6-10(13)16-12(14)17-11/h2-6H,7H2,1H3,(H3,14,15,16,17). The van der Waals surface area contributed by atoms with Crippen molar-refractivity contribution in [1.82, 2.24) is 9.97 Å². The lowest BCUT2D eigenvalue weighted by Crippen LogP contribution is -2.04. The molecule has 0 saturated heterocycles. The predicted molar refractivity (Wildman–Crippen MR) is 71.8 cm³/mol. The molecule has 0 fully saturated rings. The highest BCUT2D eigenvalue weighted by atomic mass is 35.5. The van der Waals surface area contributed by atoms with E-state index < -0.39 is 0 Å². The summed E-state index contributed by atoms with van der Waals surface area (Å²) in [5.41, 5.74) is 6.60. The Morgan fingerprint density at radius 3 is 2.61 bits per heavy atom. The third-order valence-corrected chi connectivity index (χ3v) is 2.54. The molecule has 2 rings (SSSR count). The number of rotatable bonds is 4. The molecule has 5 nitrogen and oxygen atoms in total. The summed E-state index contributed by atoms with van der Waals surface area (Å²) in [6.45, 7) is 0.622. The third-order valence-electron chi connectivity index (χ3n) is 2.34. The summed E-state index contributed by atoms with van der Waals surface area (Å²) in [6, 6.07) is 9.37. The number of halogens is 1. The van der Waals surface area contributed by atoms with E-state index >= 15 is 0 Å². The normalized spacial score (nSPS) is 10.1. The van der Waals surface area contributed by atoms with Crippen molar-refractivity contribution in [2.24, 2.45) is 0 Å². The quantitative estimate of drug-likeness (QED) is 0.829. The molecule has 18 heavy (non-hydrogen) atoms. The van der Waals surface area contributed by atoms with E-state index in [1.807, 2.05) is 24.3 Å². The fourth-order valence-electron chi connectivity index (χ4n) is 1.46. The number of nitrogens with two attached hydrogens (primary N) is 1. The number of ether oxygens (including phenoxy) is 1. The minimum absolute atomic E-state index is 0.153. The van der Waals surface area contributed by atoms with Crippen molar-refractivity contribution in [2.45, 2.75) is 6.54 Å². The zero-order valence-corrected chi connectivity index (χ0v) is 10.6. The first-order chi connectivity index (χ1) is 8.67. The lowest BCUT2D eigenvalue weighted by atomic mass is 10.2. The summed E-state index contributed by atoms with van der Waals surface area (Å²) < 4.78 is 5.09. The molecule has 6 heteroatoms. The van der Waals surface area contributed by atoms with Crippen LogP contribution in [0.15, 0.2) is 30.3 Å². The zero-order chi connectivity index (χ0) is 13.0. The fraction of sp³-hybridized carbons (Fsp3) is 0.167. The van der Waals surface area contributed by atoms with Gasteiger partial charge in [0.15, 0.2) is 0 Å². The van der Waals surface area contributed by atoms with Crippen LogP contribution in [-0.2, 0) is 6.54 Å². The van der Waals surface area contributed by atoms with Gasteiger partial charge in [-0.2, -0.15) is 4.98 Å². The van der Waals surface area contributed by atoms with Gasteiger partial charge in [-0.3, -0.25) is 0 Å². The first kappa shape index (κ1) is 12.4. The minimum Gasteiger partial charge on any atom is -0.497 e. The first-order valence-corrected chi connectivity index (χ1v) is 5.72. The number of benzene rings is 1. The number of hydrogen-bond acceptors (Lipinski definition) is 5. The Morgan fingerprint density at radius 1 is 1.28 bits per heavy atom. The van der Waals surface area contributed by atoms with Crippen LogP contribution in [0.3, 0.4) is 0 Å². The highest BCUT2D eigenvalue weighted by Crippen LogP contribution is 2.15. The highest BCUT2D eigenvalue weighted by molar-refractivity contribution is 6.29. The van der Waals surface area contributed by atoms with Crippen LogP contribution in [0, 0.1) is 0 Å². The molecule has 0 amide bonds. The van der Waals surface area contributed by atoms with Gasteiger partial charge in [0.05, 0.1) is 7.11 Å². The fourth-order valence-corrected chi connectivity index (χ4v) is 1.65. The second kappa shape index (κ2) is 5.55. The van der Waals surface area contributed by atoms with E-state index in [2.05, 4.69) is 15.3 Å². The minimum atomic E-state index is 0.153. The molecule has 2 aromatic rings. The maximum atomic E-state index is 5.78. The molecule has 0 unspecified atom stereocenters. The van der Waals surface area contributed by atoms with Gasteiger partial charge in [0.1, 0.15) is 16.7 Å². The maximum Gasteiger partial charge on any atom is 0.223 e. The molecule has 0 atom stereocenters. The third kappa shape index (κ3) is 3.24. The molecule has 0 aliphatic rings. The molecule has 0 saturated carbocycles. The van der Waals surface area contributed by atoms with Gasteiger partial charge in [-0.05, 0) is 17.7 Å². The van der Waals surface area contributed by atoms with Crippen LogP contribution in [0.25, 0.3) is 0 Å². The molecule has 1 heterocycles. The van der Waals surface area contributed by atoms with E-state index in [0.29, 0.717) is 17.5 Å². The van der Waals surface area contributed by atoms with Crippen LogP contribution >= 0.6 is 11.6 Å². The second-order valence-electron chi connectivity index (χ2n) is 3.64. The van der Waals surface area contributed by atoms with E-state index in [9.17, 15) is 0 Å². The van der Waals surface area contributed by atoms with Gasteiger partial charge in [-0.25, -0.2) is 4.98 Å². The lowest BCUT2D eigenvalue weighted by molar-refractivity contribution is 0.414. The van der Waals surface area contributed by atoms with Gasteiger partial charge in [0.25, 0.3) is 0 Å². The monoisotopic (exact) mass is 264 g/mol.